The molecule has 0 unspecified atom stereocenters. The van der Waals surface area contributed by atoms with Crippen LogP contribution in [0.1, 0.15) is 24.2 Å². The van der Waals surface area contributed by atoms with Crippen molar-refractivity contribution in [3.8, 4) is 11.4 Å². The molecule has 182 valence electrons. The van der Waals surface area contributed by atoms with Crippen molar-refractivity contribution in [1.82, 2.24) is 39.1 Å². The molecule has 2 aliphatic rings. The third-order valence-electron chi connectivity index (χ3n) is 6.80. The van der Waals surface area contributed by atoms with Crippen molar-refractivity contribution in [2.24, 2.45) is 7.05 Å². The summed E-state index contributed by atoms with van der Waals surface area (Å²) < 4.78 is 9.34. The Morgan fingerprint density at radius 1 is 1.09 bits per heavy atom. The Kier molecular flexibility index (Phi) is 6.46. The fraction of sp³-hybridized carbons (Fsp3) is 0.609. The first kappa shape index (κ1) is 22.7. The minimum absolute atomic E-state index is 0.229. The monoisotopic (exact) mass is 467 g/mol. The third-order valence-corrected chi connectivity index (χ3v) is 6.80. The van der Waals surface area contributed by atoms with E-state index in [1.807, 2.05) is 35.0 Å². The van der Waals surface area contributed by atoms with Crippen LogP contribution >= 0.6 is 0 Å². The molecule has 2 fully saturated rings. The van der Waals surface area contributed by atoms with Crippen molar-refractivity contribution < 1.29 is 9.53 Å². The zero-order valence-electron chi connectivity index (χ0n) is 20.2. The van der Waals surface area contributed by atoms with E-state index >= 15 is 0 Å². The molecule has 0 bridgehead atoms. The molecule has 0 aromatic carbocycles. The minimum atomic E-state index is 0.229. The van der Waals surface area contributed by atoms with Crippen LogP contribution in [-0.4, -0.2) is 97.5 Å². The number of fused-ring (bicyclic) bond motifs is 1. The maximum atomic E-state index is 12.1. The van der Waals surface area contributed by atoms with Crippen LogP contribution < -0.4 is 5.32 Å². The molecule has 0 aliphatic carbocycles. The molecule has 0 spiro atoms. The average Bonchev–Trinajstić information content (AvgIpc) is 3.50. The topological polar surface area (TPSA) is 106 Å². The van der Waals surface area contributed by atoms with E-state index in [0.717, 1.165) is 86.3 Å². The molecule has 34 heavy (non-hydrogen) atoms. The molecule has 1 N–H and O–H groups in total. The van der Waals surface area contributed by atoms with Crippen LogP contribution in [0.5, 0.6) is 0 Å². The normalized spacial score (nSPS) is 17.3. The zero-order chi connectivity index (χ0) is 23.7. The van der Waals surface area contributed by atoms with Crippen LogP contribution in [0.15, 0.2) is 6.33 Å². The van der Waals surface area contributed by atoms with Crippen LogP contribution in [0.2, 0.25) is 0 Å². The second kappa shape index (κ2) is 9.67. The summed E-state index contributed by atoms with van der Waals surface area (Å²) >= 11 is 0. The highest BCUT2D eigenvalue weighted by Gasteiger charge is 2.22. The molecule has 11 heteroatoms. The molecule has 3 aromatic heterocycles. The lowest BCUT2D eigenvalue weighted by Gasteiger charge is -2.26. The minimum Gasteiger partial charge on any atom is -0.379 e. The molecule has 5 rings (SSSR count). The first-order valence-corrected chi connectivity index (χ1v) is 12.1. The number of nitrogens with one attached hydrogen (secondary N) is 1. The van der Waals surface area contributed by atoms with Gasteiger partial charge in [-0.1, -0.05) is 0 Å². The van der Waals surface area contributed by atoms with Crippen LogP contribution in [0.4, 0.5) is 5.82 Å². The number of amides is 1. The van der Waals surface area contributed by atoms with Crippen molar-refractivity contribution in [3.63, 3.8) is 0 Å². The van der Waals surface area contributed by atoms with E-state index in [1.165, 1.54) is 0 Å². The van der Waals surface area contributed by atoms with Gasteiger partial charge in [0.05, 0.1) is 30.8 Å². The van der Waals surface area contributed by atoms with Gasteiger partial charge in [-0.05, 0) is 20.3 Å². The molecule has 1 amide bonds. The standard InChI is InChI=1S/C23H33N9O2/c1-16-19(17(2)29(3)28-16)21-26-22(24-6-8-30-11-13-34-14-12-30)20-23(27-21)32(15-25-20)10-9-31-7-4-5-18(31)33/h15H,4-14H2,1-3H3,(H,24,26,27). The van der Waals surface area contributed by atoms with Crippen molar-refractivity contribution in [3.05, 3.63) is 17.7 Å². The lowest BCUT2D eigenvalue weighted by atomic mass is 10.2. The first-order chi connectivity index (χ1) is 16.5. The number of hydrogen-bond donors (Lipinski definition) is 1. The van der Waals surface area contributed by atoms with E-state index in [4.69, 9.17) is 14.7 Å². The van der Waals surface area contributed by atoms with E-state index in [9.17, 15) is 4.79 Å². The number of nitrogens with zero attached hydrogens (tertiary/aromatic N) is 8. The summed E-state index contributed by atoms with van der Waals surface area (Å²) in [4.78, 5) is 30.8. The van der Waals surface area contributed by atoms with Crippen LogP contribution in [0.25, 0.3) is 22.6 Å². The van der Waals surface area contributed by atoms with Gasteiger partial charge in [0.15, 0.2) is 17.3 Å². The van der Waals surface area contributed by atoms with Gasteiger partial charge < -0.3 is 19.5 Å². The summed E-state index contributed by atoms with van der Waals surface area (Å²) in [7, 11) is 1.93. The number of hydrogen-bond acceptors (Lipinski definition) is 8. The maximum Gasteiger partial charge on any atom is 0.222 e. The van der Waals surface area contributed by atoms with Gasteiger partial charge in [0.25, 0.3) is 0 Å². The van der Waals surface area contributed by atoms with Crippen molar-refractivity contribution >= 4 is 22.9 Å². The Labute approximate surface area is 199 Å². The van der Waals surface area contributed by atoms with Crippen LogP contribution in [0.3, 0.4) is 0 Å². The smallest absolute Gasteiger partial charge is 0.222 e. The summed E-state index contributed by atoms with van der Waals surface area (Å²) in [5.74, 6) is 1.60. The van der Waals surface area contributed by atoms with Gasteiger partial charge in [-0.2, -0.15) is 5.10 Å². The van der Waals surface area contributed by atoms with Crippen molar-refractivity contribution in [2.75, 3.05) is 57.8 Å². The number of anilines is 1. The number of ether oxygens (including phenoxy) is 1. The summed E-state index contributed by atoms with van der Waals surface area (Å²) in [6.07, 6.45) is 3.39. The molecular formula is C23H33N9O2. The molecule has 3 aromatic rings. The molecule has 0 saturated carbocycles. The number of morpholine rings is 1. The predicted octanol–water partition coefficient (Wildman–Crippen LogP) is 1.21. The number of carbonyl (C=O) groups excluding carboxylic acids is 1. The van der Waals surface area contributed by atoms with Gasteiger partial charge in [-0.3, -0.25) is 14.4 Å². The lowest BCUT2D eigenvalue weighted by Crippen LogP contribution is -2.39. The van der Waals surface area contributed by atoms with Gasteiger partial charge in [-0.25, -0.2) is 15.0 Å². The Morgan fingerprint density at radius 2 is 1.91 bits per heavy atom. The van der Waals surface area contributed by atoms with Crippen molar-refractivity contribution in [2.45, 2.75) is 33.2 Å². The molecule has 5 heterocycles. The fourth-order valence-electron chi connectivity index (χ4n) is 4.77. The number of aryl methyl sites for hydroxylation is 2. The van der Waals surface area contributed by atoms with Gasteiger partial charge in [0.2, 0.25) is 5.91 Å². The zero-order valence-corrected chi connectivity index (χ0v) is 20.2. The molecule has 2 aliphatic heterocycles. The first-order valence-electron chi connectivity index (χ1n) is 12.1. The summed E-state index contributed by atoms with van der Waals surface area (Å²) in [5.41, 5.74) is 4.38. The Morgan fingerprint density at radius 3 is 2.62 bits per heavy atom. The molecular weight excluding hydrogens is 434 g/mol. The van der Waals surface area contributed by atoms with Crippen molar-refractivity contribution in [1.29, 1.82) is 0 Å². The SMILES string of the molecule is Cc1nn(C)c(C)c1-c1nc(NCCN2CCOCC2)c2ncn(CCN3CCCC3=O)c2n1. The van der Waals surface area contributed by atoms with Gasteiger partial charge in [0.1, 0.15) is 5.52 Å². The second-order valence-electron chi connectivity index (χ2n) is 9.04. The highest BCUT2D eigenvalue weighted by molar-refractivity contribution is 5.85. The number of imidazole rings is 1. The second-order valence-corrected chi connectivity index (χ2v) is 9.04. The molecule has 2 saturated heterocycles. The van der Waals surface area contributed by atoms with Crippen LogP contribution in [-0.2, 0) is 23.1 Å². The summed E-state index contributed by atoms with van der Waals surface area (Å²) in [6.45, 7) is 11.3. The quantitative estimate of drug-likeness (QED) is 0.527. The molecule has 0 atom stereocenters. The average molecular weight is 468 g/mol. The van der Waals surface area contributed by atoms with E-state index in [2.05, 4.69) is 20.3 Å². The Bertz CT molecular complexity index is 1180. The predicted molar refractivity (Wildman–Crippen MR) is 129 cm³/mol. The maximum absolute atomic E-state index is 12.1. The Balaban J connectivity index is 1.44. The van der Waals surface area contributed by atoms with Gasteiger partial charge in [-0.15, -0.1) is 0 Å². The summed E-state index contributed by atoms with van der Waals surface area (Å²) in [5, 5.41) is 8.07. The van der Waals surface area contributed by atoms with Gasteiger partial charge >= 0.3 is 0 Å². The van der Waals surface area contributed by atoms with E-state index < -0.39 is 0 Å². The largest absolute Gasteiger partial charge is 0.379 e. The fourth-order valence-corrected chi connectivity index (χ4v) is 4.77. The number of carbonyl (C=O) groups is 1. The Hall–Kier alpha value is -3.05. The highest BCUT2D eigenvalue weighted by atomic mass is 16.5. The summed E-state index contributed by atoms with van der Waals surface area (Å²) in [6, 6.07) is 0. The number of rotatable bonds is 8. The third kappa shape index (κ3) is 4.49. The number of likely N-dealkylation sites (tertiary alicyclic amines) is 1. The highest BCUT2D eigenvalue weighted by Crippen LogP contribution is 2.28. The molecule has 11 nitrogen and oxygen atoms in total. The van der Waals surface area contributed by atoms with E-state index in [-0.39, 0.29) is 5.91 Å². The lowest BCUT2D eigenvalue weighted by molar-refractivity contribution is -0.127. The van der Waals surface area contributed by atoms with E-state index in [0.29, 0.717) is 25.3 Å². The number of aromatic nitrogens is 6. The molecule has 0 radical (unpaired) electrons. The van der Waals surface area contributed by atoms with Crippen LogP contribution in [0, 0.1) is 13.8 Å². The van der Waals surface area contributed by atoms with E-state index in [1.54, 1.807) is 6.33 Å². The van der Waals surface area contributed by atoms with Gasteiger partial charge in [0, 0.05) is 65.0 Å².